The Kier molecular flexibility index (Phi) is 32.7. The summed E-state index contributed by atoms with van der Waals surface area (Å²) in [7, 11) is -7.72. The molecule has 0 saturated heterocycles. The fraction of sp³-hybridized carbons (Fsp3) is 0.402. The third kappa shape index (κ3) is 22.4. The highest BCUT2D eigenvalue weighted by Crippen LogP contribution is 2.46. The van der Waals surface area contributed by atoms with Crippen molar-refractivity contribution in [2.45, 2.75) is 187 Å². The van der Waals surface area contributed by atoms with Crippen molar-refractivity contribution in [3.05, 3.63) is 235 Å². The lowest BCUT2D eigenvalue weighted by atomic mass is 9.95. The molecule has 4 atom stereocenters. The van der Waals surface area contributed by atoms with Crippen LogP contribution in [0.2, 0.25) is 5.02 Å². The molecule has 642 valence electrons. The lowest BCUT2D eigenvalue weighted by Gasteiger charge is -2.22. The standard InChI is InChI=1S/C22H27ClN2O4S.2C22H27FN2O4S.C21H25FN2O4S/c3*1-15-13-20-17(14-18(15)23)22(24-12-8-4-3-5-11-21(26)27)16-9-6-7-10-19(16)25(2)30(20,28)29;1-14-12-19-16(13-17(14)22)21(23-11-7-6-10-20(25)28-3)15-8-4-5-9-18(15)24(2)29(19,26)27/h3*6-7,9-10,13-14,22,24H,3-5,8,11-12H2,1-2H3,(H,26,27);4-5,8-9,12-13,21,23H,6-7,10-11H2,1-3H3. The van der Waals surface area contributed by atoms with E-state index in [1.165, 1.54) is 81.9 Å². The maximum atomic E-state index is 14.4. The summed E-state index contributed by atoms with van der Waals surface area (Å²) in [6.07, 6.45) is 11.7. The van der Waals surface area contributed by atoms with Crippen LogP contribution in [0.3, 0.4) is 0 Å². The average Bonchev–Trinajstić information content (AvgIpc) is 1.60. The molecule has 8 aromatic rings. The van der Waals surface area contributed by atoms with Crippen LogP contribution in [0, 0.1) is 45.1 Å². The van der Waals surface area contributed by atoms with Gasteiger partial charge in [-0.15, -0.1) is 0 Å². The summed E-state index contributed by atoms with van der Waals surface area (Å²) < 4.78 is 159. The number of para-hydroxylation sites is 4. The van der Waals surface area contributed by atoms with Crippen molar-refractivity contribution < 1.29 is 86.1 Å². The van der Waals surface area contributed by atoms with Gasteiger partial charge in [-0.05, 0) is 245 Å². The molecule has 32 heteroatoms. The van der Waals surface area contributed by atoms with Crippen molar-refractivity contribution in [2.75, 3.05) is 78.7 Å². The van der Waals surface area contributed by atoms with E-state index < -0.39 is 93.6 Å². The molecule has 4 aliphatic rings. The Hall–Kier alpha value is -9.44. The van der Waals surface area contributed by atoms with E-state index in [-0.39, 0.29) is 67.5 Å². The number of ether oxygens (including phenoxy) is 1. The number of carboxylic acids is 3. The SMILES string of the molecule is COC(=O)CCCCNC1c2ccccc2N(C)S(=O)(=O)c2cc(C)c(F)cc21.Cc1cc2c(cc1Cl)C(NCCCCCCC(=O)O)c1ccccc1N(C)S2(=O)=O.Cc1cc2c(cc1F)C(NCCCCCCC(=O)O)c1ccccc1N(C)S2(=O)=O.Cc1cc2c(cc1F)C(NCCCCCCC(=O)O)c1ccccc1N(C)S2(=O)=O. The summed E-state index contributed by atoms with van der Waals surface area (Å²) in [4.78, 5) is 43.7. The summed E-state index contributed by atoms with van der Waals surface area (Å²) in [5.74, 6) is -3.93. The van der Waals surface area contributed by atoms with E-state index in [2.05, 4.69) is 26.0 Å². The number of aliphatic carboxylic acids is 3. The Labute approximate surface area is 701 Å². The number of nitrogens with zero attached hydrogens (tertiary/aromatic N) is 4. The molecule has 0 bridgehead atoms. The van der Waals surface area contributed by atoms with Gasteiger partial charge in [0, 0.05) is 58.9 Å². The van der Waals surface area contributed by atoms with Crippen LogP contribution in [-0.2, 0) is 64.0 Å². The molecule has 0 spiro atoms. The van der Waals surface area contributed by atoms with Crippen molar-refractivity contribution in [1.82, 2.24) is 21.3 Å². The molecule has 4 unspecified atom stereocenters. The molecule has 0 fully saturated rings. The van der Waals surface area contributed by atoms with Crippen LogP contribution in [-0.4, -0.2) is 134 Å². The van der Waals surface area contributed by atoms with E-state index in [0.717, 1.165) is 85.6 Å². The number of rotatable bonds is 30. The molecule has 7 N–H and O–H groups in total. The number of aryl methyl sites for hydroxylation is 4. The molecule has 119 heavy (non-hydrogen) atoms. The number of benzene rings is 8. The van der Waals surface area contributed by atoms with Gasteiger partial charge >= 0.3 is 23.9 Å². The third-order valence-corrected chi connectivity index (χ3v) is 29.4. The Morgan fingerprint density at radius 1 is 0.345 bits per heavy atom. The van der Waals surface area contributed by atoms with E-state index in [0.29, 0.717) is 115 Å². The Bertz CT molecular complexity index is 5080. The number of unbranched alkanes of at least 4 members (excludes halogenated alkanes) is 10. The van der Waals surface area contributed by atoms with Gasteiger partial charge in [0.2, 0.25) is 0 Å². The third-order valence-electron chi connectivity index (χ3n) is 21.7. The maximum Gasteiger partial charge on any atom is 0.305 e. The molecule has 8 aromatic carbocycles. The average molecular weight is 1740 g/mol. The number of esters is 1. The van der Waals surface area contributed by atoms with Gasteiger partial charge in [-0.25, -0.2) is 46.8 Å². The first-order valence-electron chi connectivity index (χ1n) is 39.6. The quantitative estimate of drug-likeness (QED) is 0.0162. The van der Waals surface area contributed by atoms with E-state index in [9.17, 15) is 66.0 Å². The molecule has 12 rings (SSSR count). The van der Waals surface area contributed by atoms with Crippen molar-refractivity contribution in [3.63, 3.8) is 0 Å². The zero-order valence-electron chi connectivity index (χ0n) is 68.3. The van der Waals surface area contributed by atoms with Gasteiger partial charge in [0.15, 0.2) is 0 Å². The number of hydrogen-bond acceptors (Lipinski definition) is 17. The van der Waals surface area contributed by atoms with Crippen LogP contribution in [0.15, 0.2) is 165 Å². The van der Waals surface area contributed by atoms with Gasteiger partial charge in [0.25, 0.3) is 40.1 Å². The van der Waals surface area contributed by atoms with Crippen LogP contribution in [0.5, 0.6) is 0 Å². The molecular weight excluding hydrogens is 1630 g/mol. The number of hydrogen-bond donors (Lipinski definition) is 7. The normalized spacial score (nSPS) is 17.2. The zero-order valence-corrected chi connectivity index (χ0v) is 72.3. The number of carbonyl (C=O) groups excluding carboxylic acids is 1. The van der Waals surface area contributed by atoms with Gasteiger partial charge in [0.05, 0.1) is 73.6 Å². The van der Waals surface area contributed by atoms with Gasteiger partial charge in [-0.1, -0.05) is 123 Å². The molecule has 0 amide bonds. The predicted octanol–water partition coefficient (Wildman–Crippen LogP) is 15.8. The smallest absolute Gasteiger partial charge is 0.305 e. The minimum absolute atomic E-state index is 0.0992. The van der Waals surface area contributed by atoms with E-state index in [1.54, 1.807) is 83.3 Å². The van der Waals surface area contributed by atoms with Crippen LogP contribution < -0.4 is 38.5 Å². The Balaban J connectivity index is 0.000000181. The van der Waals surface area contributed by atoms with Crippen molar-refractivity contribution >= 4 is 98.3 Å². The zero-order chi connectivity index (χ0) is 86.8. The monoisotopic (exact) mass is 1740 g/mol. The second-order valence-corrected chi connectivity index (χ2v) is 38.1. The van der Waals surface area contributed by atoms with Crippen LogP contribution >= 0.6 is 11.6 Å². The minimum Gasteiger partial charge on any atom is -0.481 e. The highest BCUT2D eigenvalue weighted by molar-refractivity contribution is 7.93. The summed E-state index contributed by atoms with van der Waals surface area (Å²) in [5, 5.41) is 40.4. The first-order valence-corrected chi connectivity index (χ1v) is 45.8. The molecule has 24 nitrogen and oxygen atoms in total. The van der Waals surface area contributed by atoms with Crippen molar-refractivity contribution in [2.24, 2.45) is 0 Å². The summed E-state index contributed by atoms with van der Waals surface area (Å²) in [6.45, 7) is 8.89. The van der Waals surface area contributed by atoms with Crippen molar-refractivity contribution in [1.29, 1.82) is 0 Å². The number of methoxy groups -OCH3 is 1. The van der Waals surface area contributed by atoms with E-state index in [4.69, 9.17) is 26.9 Å². The molecule has 4 heterocycles. The van der Waals surface area contributed by atoms with Crippen molar-refractivity contribution in [3.8, 4) is 0 Å². The summed E-state index contributed by atoms with van der Waals surface area (Å²) in [6, 6.07) is 39.0. The minimum atomic E-state index is -3.83. The van der Waals surface area contributed by atoms with Gasteiger partial charge < -0.3 is 41.3 Å². The maximum absolute atomic E-state index is 14.4. The number of sulfonamides is 4. The number of carbonyl (C=O) groups is 4. The van der Waals surface area contributed by atoms with Gasteiger partial charge in [-0.2, -0.15) is 0 Å². The summed E-state index contributed by atoms with van der Waals surface area (Å²) >= 11 is 6.38. The number of halogens is 4. The predicted molar refractivity (Wildman–Crippen MR) is 455 cm³/mol. The largest absolute Gasteiger partial charge is 0.481 e. The molecule has 0 aliphatic carbocycles. The molecule has 0 radical (unpaired) electrons. The second-order valence-electron chi connectivity index (χ2n) is 29.9. The molecule has 4 aliphatic heterocycles. The lowest BCUT2D eigenvalue weighted by molar-refractivity contribution is -0.141. The fourth-order valence-corrected chi connectivity index (χ4v) is 21.2. The Morgan fingerprint density at radius 3 is 0.832 bits per heavy atom. The number of fused-ring (bicyclic) bond motifs is 8. The van der Waals surface area contributed by atoms with Crippen LogP contribution in [0.25, 0.3) is 0 Å². The van der Waals surface area contributed by atoms with Gasteiger partial charge in [0.1, 0.15) is 17.5 Å². The number of nitrogens with one attached hydrogen (secondary N) is 4. The van der Waals surface area contributed by atoms with Crippen LogP contribution in [0.4, 0.5) is 35.9 Å². The van der Waals surface area contributed by atoms with E-state index in [1.807, 2.05) is 60.7 Å². The highest BCUT2D eigenvalue weighted by atomic mass is 35.5. The second kappa shape index (κ2) is 41.7. The summed E-state index contributed by atoms with van der Waals surface area (Å²) in [5.41, 5.74) is 8.91. The number of carboxylic acid groups (broad SMARTS) is 3. The topological polar surface area (TPSA) is 336 Å². The lowest BCUT2D eigenvalue weighted by Crippen LogP contribution is -2.26. The highest BCUT2D eigenvalue weighted by Gasteiger charge is 2.40. The molecular formula is C87H106ClF3N8O16S4. The first kappa shape index (κ1) is 93.4. The fourth-order valence-electron chi connectivity index (χ4n) is 15.0. The first-order chi connectivity index (χ1) is 56.5. The van der Waals surface area contributed by atoms with E-state index >= 15 is 0 Å². The molecule has 0 saturated carbocycles. The van der Waals surface area contributed by atoms with Gasteiger partial charge in [-0.3, -0.25) is 36.4 Å². The van der Waals surface area contributed by atoms with Crippen LogP contribution in [0.1, 0.15) is 207 Å². The number of anilines is 4. The Morgan fingerprint density at radius 2 is 0.571 bits per heavy atom. The molecule has 0 aromatic heterocycles.